The smallest absolute Gasteiger partial charge is 0 e. The Morgan fingerprint density at radius 2 is 0.569 bits per heavy atom. The molecule has 0 atom stereocenters. The molecule has 2 aliphatic heterocycles. The summed E-state index contributed by atoms with van der Waals surface area (Å²) in [5.74, 6) is 3.84. The number of benzene rings is 4. The van der Waals surface area contributed by atoms with E-state index < -0.39 is 0 Å². The van der Waals surface area contributed by atoms with Crippen molar-refractivity contribution in [1.29, 1.82) is 0 Å². The minimum atomic E-state index is 0. The van der Waals surface area contributed by atoms with Crippen LogP contribution in [0.5, 0.6) is 0 Å². The molecule has 394 valence electrons. The molecule has 4 aromatic carbocycles. The Kier molecular flexibility index (Phi) is 30.9. The van der Waals surface area contributed by atoms with Crippen LogP contribution in [0, 0.1) is 0 Å². The van der Waals surface area contributed by atoms with Gasteiger partial charge in [-0.15, -0.1) is 0 Å². The number of para-hydroxylation sites is 4. The molecule has 0 N–H and O–H groups in total. The molecule has 2 aromatic heterocycles. The van der Waals surface area contributed by atoms with E-state index in [2.05, 4.69) is 241 Å². The second kappa shape index (κ2) is 32.9. The molecule has 0 unspecified atom stereocenters. The molecule has 0 saturated carbocycles. The molecule has 0 bridgehead atoms. The maximum atomic E-state index is 4.94. The third-order valence-electron chi connectivity index (χ3n) is 13.3. The molecule has 0 aliphatic carbocycles. The zero-order valence-corrected chi connectivity index (χ0v) is 52.3. The topological polar surface area (TPSA) is 36.1 Å². The van der Waals surface area contributed by atoms with E-state index in [1.807, 2.05) is 0 Å². The van der Waals surface area contributed by atoms with Crippen molar-refractivity contribution >= 4 is 14.4 Å². The molecule has 2 radical (unpaired) electrons. The Bertz CT molecular complexity index is 2040. The summed E-state index contributed by atoms with van der Waals surface area (Å²) in [6.45, 7) is 40.5. The summed E-state index contributed by atoms with van der Waals surface area (Å²) < 4.78 is 19.2. The van der Waals surface area contributed by atoms with Crippen molar-refractivity contribution in [2.45, 2.75) is 184 Å². The summed E-state index contributed by atoms with van der Waals surface area (Å²) >= 11 is 0. The summed E-state index contributed by atoms with van der Waals surface area (Å²) in [6.07, 6.45) is 14.0. The SMILES string of the molecule is C1CCOC1.C1CCOC1.CC(C)c1cccc(C(C)C)c1-n1b[n+](-c2c(C(C)C)cccc2C(C)C)cc1.CC(C)c1cccc(C(C)C)c1-n1b[n+](-c2c(C(C)C)cccc2C(C)C)cc1.[Br-].[Br-].[Mn].[Mn]. The molecule has 0 spiro atoms. The molecule has 0 amide bonds. The second-order valence-electron chi connectivity index (χ2n) is 21.5. The standard InChI is InChI=1S/2C26H36BN2.2C4H8O.2BrH.2Mn/c2*1-17(2)21-11-9-12-22(18(3)4)25(21)28-15-16-29(27-28)26-23(19(5)6)13-10-14-24(26)20(7)8;2*1-2-4-5-3-1;;;;/h2*9-20H,1-8H3;2*1-4H2;2*1H;;/q2*+1;;;;;;/p-2. The molecule has 12 heteroatoms. The van der Waals surface area contributed by atoms with E-state index in [1.54, 1.807) is 0 Å². The van der Waals surface area contributed by atoms with E-state index in [1.165, 1.54) is 92.9 Å². The predicted octanol–water partition coefficient (Wildman–Crippen LogP) is 8.77. The van der Waals surface area contributed by atoms with Crippen LogP contribution in [-0.2, 0) is 43.6 Å². The Morgan fingerprint density at radius 1 is 0.361 bits per heavy atom. The zero-order chi connectivity index (χ0) is 49.7. The molecular formula is C60H88B2Br2Mn2N4O2. The molecule has 2 fully saturated rings. The average molecular weight is 1190 g/mol. The zero-order valence-electron chi connectivity index (χ0n) is 46.8. The minimum absolute atomic E-state index is 0. The normalized spacial score (nSPS) is 12.9. The van der Waals surface area contributed by atoms with Crippen LogP contribution in [0.1, 0.15) is 228 Å². The first kappa shape index (κ1) is 67.6. The van der Waals surface area contributed by atoms with Crippen molar-refractivity contribution in [3.8, 4) is 22.7 Å². The van der Waals surface area contributed by atoms with Crippen LogP contribution in [0.3, 0.4) is 0 Å². The van der Waals surface area contributed by atoms with Gasteiger partial charge in [-0.05, 0) is 25.7 Å². The van der Waals surface area contributed by atoms with E-state index >= 15 is 0 Å². The van der Waals surface area contributed by atoms with Crippen molar-refractivity contribution in [2.75, 3.05) is 26.4 Å². The largest absolute Gasteiger partial charge is 1.00 e. The molecule has 6 aromatic rings. The van der Waals surface area contributed by atoms with Crippen LogP contribution in [-0.4, -0.2) is 49.8 Å². The van der Waals surface area contributed by atoms with Gasteiger partial charge in [0.2, 0.25) is 0 Å². The molecule has 6 nitrogen and oxygen atoms in total. The third-order valence-corrected chi connectivity index (χ3v) is 13.3. The van der Waals surface area contributed by atoms with Crippen LogP contribution in [0.25, 0.3) is 22.7 Å². The molecule has 8 rings (SSSR count). The van der Waals surface area contributed by atoms with Gasteiger partial charge in [0.05, 0.1) is 0 Å². The molecular weight excluding hydrogens is 1100 g/mol. The van der Waals surface area contributed by atoms with Gasteiger partial charge in [-0.2, -0.15) is 0 Å². The number of hydrogen-bond donors (Lipinski definition) is 0. The van der Waals surface area contributed by atoms with Gasteiger partial charge in [0, 0.05) is 60.6 Å². The van der Waals surface area contributed by atoms with Crippen LogP contribution < -0.4 is 42.9 Å². The first-order valence-corrected chi connectivity index (χ1v) is 26.3. The maximum Gasteiger partial charge on any atom is 0 e. The van der Waals surface area contributed by atoms with Gasteiger partial charge in [-0.25, -0.2) is 0 Å². The van der Waals surface area contributed by atoms with Crippen molar-refractivity contribution < 1.29 is 86.5 Å². The van der Waals surface area contributed by atoms with Crippen LogP contribution in [0.2, 0.25) is 0 Å². The van der Waals surface area contributed by atoms with Crippen LogP contribution >= 0.6 is 0 Å². The molecule has 72 heavy (non-hydrogen) atoms. The Balaban J connectivity index is 0.000000573. The minimum Gasteiger partial charge on any atom is -1.00 e. The first-order valence-electron chi connectivity index (χ1n) is 26.3. The van der Waals surface area contributed by atoms with Gasteiger partial charge in [-0.3, -0.25) is 0 Å². The number of ether oxygens (including phenoxy) is 2. The quantitative estimate of drug-likeness (QED) is 0.115. The number of halogens is 2. The van der Waals surface area contributed by atoms with E-state index in [0.717, 1.165) is 26.4 Å². The van der Waals surface area contributed by atoms with Gasteiger partial charge >= 0.3 is 355 Å². The Hall–Kier alpha value is -2.39. The van der Waals surface area contributed by atoms with Crippen molar-refractivity contribution in [1.82, 2.24) is 8.95 Å². The van der Waals surface area contributed by atoms with E-state index in [4.69, 9.17) is 9.47 Å². The fourth-order valence-corrected chi connectivity index (χ4v) is 9.50. The molecule has 2 aliphatic rings. The predicted molar refractivity (Wildman–Crippen MR) is 290 cm³/mol. The average Bonchev–Trinajstić information content (AvgIpc) is 4.18. The molecule has 4 heterocycles. The van der Waals surface area contributed by atoms with Gasteiger partial charge < -0.3 is 43.4 Å². The van der Waals surface area contributed by atoms with Gasteiger partial charge in [-0.1, -0.05) is 0 Å². The fraction of sp³-hybridized carbons (Fsp3) is 0.533. The summed E-state index contributed by atoms with van der Waals surface area (Å²) in [5, 5.41) is 0. The fourth-order valence-electron chi connectivity index (χ4n) is 9.50. The number of rotatable bonds is 12. The van der Waals surface area contributed by atoms with E-state index in [-0.39, 0.29) is 68.1 Å². The van der Waals surface area contributed by atoms with Gasteiger partial charge in [0.15, 0.2) is 0 Å². The number of nitrogens with zero attached hydrogens (tertiary/aromatic N) is 4. The van der Waals surface area contributed by atoms with Crippen molar-refractivity contribution in [3.63, 3.8) is 0 Å². The summed E-state index contributed by atoms with van der Waals surface area (Å²) in [5.41, 5.74) is 16.6. The Morgan fingerprint density at radius 3 is 0.750 bits per heavy atom. The van der Waals surface area contributed by atoms with E-state index in [0.29, 0.717) is 47.3 Å². The van der Waals surface area contributed by atoms with E-state index in [9.17, 15) is 0 Å². The van der Waals surface area contributed by atoms with Crippen LogP contribution in [0.15, 0.2) is 97.6 Å². The first-order chi connectivity index (χ1) is 32.4. The summed E-state index contributed by atoms with van der Waals surface area (Å²) in [4.78, 5) is 0. The second-order valence-corrected chi connectivity index (χ2v) is 21.5. The number of aromatic nitrogens is 4. The maximum absolute atomic E-state index is 4.94. The van der Waals surface area contributed by atoms with Gasteiger partial charge in [0.1, 0.15) is 0 Å². The molecule has 2 saturated heterocycles. The van der Waals surface area contributed by atoms with Crippen molar-refractivity contribution in [2.24, 2.45) is 0 Å². The van der Waals surface area contributed by atoms with Crippen molar-refractivity contribution in [3.05, 3.63) is 142 Å². The Labute approximate surface area is 481 Å². The summed E-state index contributed by atoms with van der Waals surface area (Å²) in [7, 11) is 4.53. The number of hydrogen-bond acceptors (Lipinski definition) is 2. The summed E-state index contributed by atoms with van der Waals surface area (Å²) in [6, 6.07) is 27.0. The van der Waals surface area contributed by atoms with Gasteiger partial charge in [0.25, 0.3) is 0 Å². The third kappa shape index (κ3) is 17.9. The monoisotopic (exact) mass is 1190 g/mol. The van der Waals surface area contributed by atoms with Crippen LogP contribution in [0.4, 0.5) is 0 Å².